The highest BCUT2D eigenvalue weighted by atomic mass is 35.5. The first-order chi connectivity index (χ1) is 6.59. The van der Waals surface area contributed by atoms with Crippen molar-refractivity contribution in [3.63, 3.8) is 0 Å². The minimum absolute atomic E-state index is 0. The van der Waals surface area contributed by atoms with Gasteiger partial charge in [-0.25, -0.2) is 4.79 Å². The van der Waals surface area contributed by atoms with E-state index >= 15 is 0 Å². The van der Waals surface area contributed by atoms with E-state index in [4.69, 9.17) is 5.11 Å². The van der Waals surface area contributed by atoms with Gasteiger partial charge in [-0.05, 0) is 39.8 Å². The van der Waals surface area contributed by atoms with Gasteiger partial charge in [0.05, 0.1) is 0 Å². The van der Waals surface area contributed by atoms with Gasteiger partial charge in [-0.3, -0.25) is 0 Å². The Bertz CT molecular complexity index is 211. The lowest BCUT2D eigenvalue weighted by molar-refractivity contribution is -0.132. The molecule has 3 nitrogen and oxygen atoms in total. The lowest BCUT2D eigenvalue weighted by Gasteiger charge is -2.06. The Kier molecular flexibility index (Phi) is 11.2. The maximum Gasteiger partial charge on any atom is 0.331 e. The fourth-order valence-corrected chi connectivity index (χ4v) is 1.21. The average Bonchev–Trinajstić information content (AvgIpc) is 2.09. The molecule has 2 N–H and O–H groups in total. The Labute approximate surface area is 98.4 Å². The molecule has 0 radical (unpaired) electrons. The monoisotopic (exact) mass is 235 g/mol. The molecule has 0 aliphatic carbocycles. The van der Waals surface area contributed by atoms with Crippen LogP contribution in [0.4, 0.5) is 0 Å². The zero-order chi connectivity index (χ0) is 11.0. The quantitative estimate of drug-likeness (QED) is 0.527. The smallest absolute Gasteiger partial charge is 0.331 e. The van der Waals surface area contributed by atoms with Gasteiger partial charge in [-0.15, -0.1) is 12.4 Å². The maximum atomic E-state index is 10.8. The molecule has 4 heteroatoms. The van der Waals surface area contributed by atoms with Crippen molar-refractivity contribution in [1.82, 2.24) is 5.32 Å². The van der Waals surface area contributed by atoms with Crippen molar-refractivity contribution in [2.24, 2.45) is 0 Å². The van der Waals surface area contributed by atoms with Gasteiger partial charge in [0.15, 0.2) is 0 Å². The van der Waals surface area contributed by atoms with E-state index in [-0.39, 0.29) is 12.4 Å². The molecule has 0 aromatic heterocycles. The van der Waals surface area contributed by atoms with Crippen molar-refractivity contribution in [3.8, 4) is 0 Å². The first-order valence-electron chi connectivity index (χ1n) is 5.20. The Morgan fingerprint density at radius 1 is 1.27 bits per heavy atom. The molecule has 15 heavy (non-hydrogen) atoms. The lowest BCUT2D eigenvalue weighted by atomic mass is 10.1. The van der Waals surface area contributed by atoms with Crippen molar-refractivity contribution in [2.45, 2.75) is 40.0 Å². The Morgan fingerprint density at radius 2 is 1.87 bits per heavy atom. The molecule has 0 aliphatic rings. The minimum atomic E-state index is -0.790. The van der Waals surface area contributed by atoms with E-state index in [1.165, 1.54) is 6.42 Å². The summed E-state index contributed by atoms with van der Waals surface area (Å²) in [4.78, 5) is 10.8. The maximum absolute atomic E-state index is 10.8. The van der Waals surface area contributed by atoms with E-state index in [1.54, 1.807) is 0 Å². The third-order valence-corrected chi connectivity index (χ3v) is 2.12. The lowest BCUT2D eigenvalue weighted by Crippen LogP contribution is -2.19. The van der Waals surface area contributed by atoms with Crippen LogP contribution < -0.4 is 5.32 Å². The summed E-state index contributed by atoms with van der Waals surface area (Å²) in [6.45, 7) is 7.56. The van der Waals surface area contributed by atoms with Gasteiger partial charge in [0, 0.05) is 5.57 Å². The van der Waals surface area contributed by atoms with E-state index < -0.39 is 5.97 Å². The first kappa shape index (κ1) is 16.9. The van der Waals surface area contributed by atoms with Crippen LogP contribution in [0.2, 0.25) is 0 Å². The third-order valence-electron chi connectivity index (χ3n) is 2.12. The highest BCUT2D eigenvalue weighted by Crippen LogP contribution is 2.07. The van der Waals surface area contributed by atoms with Gasteiger partial charge in [0.1, 0.15) is 0 Å². The number of hydrogen-bond acceptors (Lipinski definition) is 2. The van der Waals surface area contributed by atoms with Gasteiger partial charge in [-0.1, -0.05) is 18.9 Å². The molecule has 0 heterocycles. The topological polar surface area (TPSA) is 49.3 Å². The van der Waals surface area contributed by atoms with E-state index in [2.05, 4.69) is 12.2 Å². The minimum Gasteiger partial charge on any atom is -0.478 e. The molecule has 0 bridgehead atoms. The molecule has 0 saturated carbocycles. The normalized spacial score (nSPS) is 9.27. The summed E-state index contributed by atoms with van der Waals surface area (Å²) in [6.07, 6.45) is 2.93. The molecule has 0 aliphatic heterocycles. The van der Waals surface area contributed by atoms with Crippen molar-refractivity contribution in [1.29, 1.82) is 0 Å². The Hall–Kier alpha value is -0.540. The van der Waals surface area contributed by atoms with Crippen LogP contribution in [0.1, 0.15) is 40.0 Å². The highest BCUT2D eigenvalue weighted by molar-refractivity contribution is 5.87. The summed E-state index contributed by atoms with van der Waals surface area (Å²) < 4.78 is 0. The fourth-order valence-electron chi connectivity index (χ4n) is 1.21. The summed E-state index contributed by atoms with van der Waals surface area (Å²) in [5, 5.41) is 12.1. The molecule has 0 fully saturated rings. The molecule has 0 amide bonds. The molecule has 0 unspecified atom stereocenters. The summed E-state index contributed by atoms with van der Waals surface area (Å²) in [5.41, 5.74) is 1.43. The number of allylic oxidation sites excluding steroid dienone is 1. The average molecular weight is 236 g/mol. The molecule has 0 aromatic carbocycles. The number of aliphatic carboxylic acids is 1. The van der Waals surface area contributed by atoms with E-state index in [9.17, 15) is 4.79 Å². The van der Waals surface area contributed by atoms with Crippen LogP contribution in [0.25, 0.3) is 0 Å². The van der Waals surface area contributed by atoms with E-state index in [0.717, 1.165) is 25.1 Å². The Morgan fingerprint density at radius 3 is 2.27 bits per heavy atom. The summed E-state index contributed by atoms with van der Waals surface area (Å²) >= 11 is 0. The van der Waals surface area contributed by atoms with Crippen LogP contribution in [0.5, 0.6) is 0 Å². The third kappa shape index (κ3) is 8.45. The van der Waals surface area contributed by atoms with Crippen LogP contribution in [-0.4, -0.2) is 24.2 Å². The summed E-state index contributed by atoms with van der Waals surface area (Å²) in [7, 11) is 0. The number of rotatable bonds is 7. The summed E-state index contributed by atoms with van der Waals surface area (Å²) in [6, 6.07) is 0. The van der Waals surface area contributed by atoms with Crippen molar-refractivity contribution in [2.75, 3.05) is 13.1 Å². The highest BCUT2D eigenvalue weighted by Gasteiger charge is 2.07. The molecule has 90 valence electrons. The van der Waals surface area contributed by atoms with Gasteiger partial charge < -0.3 is 10.4 Å². The molecule has 0 spiro atoms. The van der Waals surface area contributed by atoms with Crippen LogP contribution in [0.3, 0.4) is 0 Å². The molecule has 0 atom stereocenters. The number of carbonyl (C=O) groups is 1. The molecule has 0 aromatic rings. The summed E-state index contributed by atoms with van der Waals surface area (Å²) in [5.74, 6) is -0.790. The van der Waals surface area contributed by atoms with E-state index in [0.29, 0.717) is 12.0 Å². The van der Waals surface area contributed by atoms with Gasteiger partial charge >= 0.3 is 5.97 Å². The fraction of sp³-hybridized carbons (Fsp3) is 0.727. The standard InChI is InChI=1S/C11H21NO2.ClH/c1-4-5-7-12-8-6-10(9(2)3)11(13)14;/h12H,4-8H2,1-3H3,(H,13,14);1H. The second-order valence-electron chi connectivity index (χ2n) is 3.64. The first-order valence-corrected chi connectivity index (χ1v) is 5.20. The van der Waals surface area contributed by atoms with Crippen LogP contribution in [-0.2, 0) is 4.79 Å². The molecular formula is C11H22ClNO2. The van der Waals surface area contributed by atoms with Crippen LogP contribution in [0.15, 0.2) is 11.1 Å². The van der Waals surface area contributed by atoms with Gasteiger partial charge in [0.2, 0.25) is 0 Å². The number of carboxylic acid groups (broad SMARTS) is 1. The number of halogens is 1. The largest absolute Gasteiger partial charge is 0.478 e. The number of hydrogen-bond donors (Lipinski definition) is 2. The predicted molar refractivity (Wildman–Crippen MR) is 65.7 cm³/mol. The zero-order valence-corrected chi connectivity index (χ0v) is 10.6. The number of unbranched alkanes of at least 4 members (excludes halogenated alkanes) is 1. The van der Waals surface area contributed by atoms with Crippen molar-refractivity contribution < 1.29 is 9.90 Å². The van der Waals surface area contributed by atoms with Gasteiger partial charge in [-0.2, -0.15) is 0 Å². The van der Waals surface area contributed by atoms with Gasteiger partial charge in [0.25, 0.3) is 0 Å². The second kappa shape index (κ2) is 9.99. The van der Waals surface area contributed by atoms with Crippen molar-refractivity contribution in [3.05, 3.63) is 11.1 Å². The number of nitrogens with one attached hydrogen (secondary N) is 1. The second-order valence-corrected chi connectivity index (χ2v) is 3.64. The molecular weight excluding hydrogens is 214 g/mol. The van der Waals surface area contributed by atoms with Crippen LogP contribution in [0, 0.1) is 0 Å². The number of carboxylic acids is 1. The van der Waals surface area contributed by atoms with Crippen molar-refractivity contribution >= 4 is 18.4 Å². The molecule has 0 saturated heterocycles. The van der Waals surface area contributed by atoms with E-state index in [1.807, 2.05) is 13.8 Å². The SMILES string of the molecule is CCCCNCCC(C(=O)O)=C(C)C.Cl. The predicted octanol–water partition coefficient (Wildman–Crippen LogP) is 2.61. The Balaban J connectivity index is 0. The van der Waals surface area contributed by atoms with Crippen LogP contribution >= 0.6 is 12.4 Å². The molecule has 0 rings (SSSR count). The zero-order valence-electron chi connectivity index (χ0n) is 9.80.